The van der Waals surface area contributed by atoms with Gasteiger partial charge in [0.15, 0.2) is 0 Å². The summed E-state index contributed by atoms with van der Waals surface area (Å²) in [6.07, 6.45) is 1.53. The van der Waals surface area contributed by atoms with Crippen LogP contribution in [0.1, 0.15) is 17.3 Å². The van der Waals surface area contributed by atoms with E-state index >= 15 is 0 Å². The number of carboxylic acid groups (broad SMARTS) is 1. The Balaban J connectivity index is 2.32. The predicted molar refractivity (Wildman–Crippen MR) is 81.5 cm³/mol. The molecule has 4 N–H and O–H groups in total. The zero-order chi connectivity index (χ0) is 15.4. The molecule has 0 saturated carbocycles. The molecular formula is C14H14ClN3O3. The van der Waals surface area contributed by atoms with Crippen molar-refractivity contribution in [3.05, 3.63) is 41.0 Å². The maximum Gasteiger partial charge on any atom is 0.337 e. The highest BCUT2D eigenvalue weighted by Crippen LogP contribution is 2.32. The van der Waals surface area contributed by atoms with E-state index in [4.69, 9.17) is 22.1 Å². The topological polar surface area (TPSA) is 97.5 Å². The molecule has 0 bridgehead atoms. The van der Waals surface area contributed by atoms with Crippen LogP contribution < -0.4 is 15.8 Å². The van der Waals surface area contributed by atoms with Gasteiger partial charge >= 0.3 is 5.97 Å². The number of hydrogen-bond acceptors (Lipinski definition) is 5. The van der Waals surface area contributed by atoms with Crippen molar-refractivity contribution in [2.45, 2.75) is 6.92 Å². The lowest BCUT2D eigenvalue weighted by atomic mass is 10.1. The summed E-state index contributed by atoms with van der Waals surface area (Å²) in [6.45, 7) is 2.38. The fraction of sp³-hybridized carbons (Fsp3) is 0.143. The lowest BCUT2D eigenvalue weighted by Gasteiger charge is -2.12. The van der Waals surface area contributed by atoms with Crippen LogP contribution in [-0.2, 0) is 0 Å². The highest BCUT2D eigenvalue weighted by atomic mass is 35.5. The Hall–Kier alpha value is -2.47. The summed E-state index contributed by atoms with van der Waals surface area (Å²) in [4.78, 5) is 15.4. The molecule has 0 unspecified atom stereocenters. The maximum absolute atomic E-state index is 11.3. The number of pyridine rings is 1. The molecule has 0 aliphatic heterocycles. The first kappa shape index (κ1) is 14.9. The molecule has 0 spiro atoms. The lowest BCUT2D eigenvalue weighted by molar-refractivity contribution is 0.0698. The van der Waals surface area contributed by atoms with Crippen molar-refractivity contribution >= 4 is 34.6 Å². The van der Waals surface area contributed by atoms with Crippen molar-refractivity contribution in [1.82, 2.24) is 4.98 Å². The molecule has 2 rings (SSSR count). The first-order chi connectivity index (χ1) is 10.0. The normalized spacial score (nSPS) is 10.2. The Morgan fingerprint density at radius 2 is 2.24 bits per heavy atom. The summed E-state index contributed by atoms with van der Waals surface area (Å²) >= 11 is 6.06. The third-order valence-electron chi connectivity index (χ3n) is 2.64. The minimum Gasteiger partial charge on any atom is -0.478 e. The van der Waals surface area contributed by atoms with Crippen LogP contribution >= 0.6 is 11.6 Å². The number of carbonyl (C=O) groups is 1. The second-order valence-electron chi connectivity index (χ2n) is 4.17. The van der Waals surface area contributed by atoms with E-state index in [0.717, 1.165) is 0 Å². The molecule has 1 heterocycles. The van der Waals surface area contributed by atoms with Crippen molar-refractivity contribution in [3.8, 4) is 5.88 Å². The zero-order valence-corrected chi connectivity index (χ0v) is 12.0. The van der Waals surface area contributed by atoms with Crippen molar-refractivity contribution in [2.75, 3.05) is 17.7 Å². The molecule has 6 nitrogen and oxygen atoms in total. The summed E-state index contributed by atoms with van der Waals surface area (Å²) in [5, 5.41) is 12.4. The smallest absolute Gasteiger partial charge is 0.337 e. The number of nitrogen functional groups attached to an aromatic ring is 1. The molecule has 0 aliphatic rings. The van der Waals surface area contributed by atoms with E-state index in [-0.39, 0.29) is 22.0 Å². The molecule has 0 aliphatic carbocycles. The lowest BCUT2D eigenvalue weighted by Crippen LogP contribution is -2.05. The number of carboxylic acids is 1. The first-order valence-electron chi connectivity index (χ1n) is 6.19. The van der Waals surface area contributed by atoms with Gasteiger partial charge in [-0.15, -0.1) is 0 Å². The number of anilines is 3. The van der Waals surface area contributed by atoms with E-state index in [1.807, 2.05) is 6.92 Å². The molecule has 2 aromatic rings. The minimum atomic E-state index is -1.12. The molecule has 0 fully saturated rings. The molecule has 0 amide bonds. The van der Waals surface area contributed by atoms with Crippen molar-refractivity contribution in [3.63, 3.8) is 0 Å². The summed E-state index contributed by atoms with van der Waals surface area (Å²) < 4.78 is 5.24. The van der Waals surface area contributed by atoms with E-state index in [9.17, 15) is 9.90 Å². The van der Waals surface area contributed by atoms with Crippen LogP contribution in [0.15, 0.2) is 30.5 Å². The van der Waals surface area contributed by atoms with Crippen LogP contribution in [0.25, 0.3) is 0 Å². The summed E-state index contributed by atoms with van der Waals surface area (Å²) in [6, 6.07) is 6.23. The fourth-order valence-corrected chi connectivity index (χ4v) is 2.03. The van der Waals surface area contributed by atoms with E-state index in [1.54, 1.807) is 12.1 Å². The second kappa shape index (κ2) is 6.32. The van der Waals surface area contributed by atoms with Crippen LogP contribution in [0.4, 0.5) is 17.1 Å². The van der Waals surface area contributed by atoms with Crippen LogP contribution in [0, 0.1) is 0 Å². The molecule has 1 aromatic carbocycles. The van der Waals surface area contributed by atoms with E-state index < -0.39 is 5.97 Å². The van der Waals surface area contributed by atoms with Gasteiger partial charge in [-0.25, -0.2) is 9.78 Å². The Kier molecular flexibility index (Phi) is 4.49. The van der Waals surface area contributed by atoms with Crippen LogP contribution in [0.3, 0.4) is 0 Å². The first-order valence-corrected chi connectivity index (χ1v) is 6.57. The number of benzene rings is 1. The monoisotopic (exact) mass is 307 g/mol. The van der Waals surface area contributed by atoms with Gasteiger partial charge in [-0.05, 0) is 25.1 Å². The number of aromatic nitrogens is 1. The number of nitrogens with one attached hydrogen (secondary N) is 1. The van der Waals surface area contributed by atoms with E-state index in [0.29, 0.717) is 18.2 Å². The highest BCUT2D eigenvalue weighted by Gasteiger charge is 2.15. The summed E-state index contributed by atoms with van der Waals surface area (Å²) in [7, 11) is 0. The molecule has 0 atom stereocenters. The van der Waals surface area contributed by atoms with Gasteiger partial charge in [0.05, 0.1) is 34.8 Å². The van der Waals surface area contributed by atoms with Crippen LogP contribution in [0.5, 0.6) is 5.88 Å². The number of ether oxygens (including phenoxy) is 1. The molecule has 0 saturated heterocycles. The number of halogens is 1. The highest BCUT2D eigenvalue weighted by molar-refractivity contribution is 6.34. The Bertz CT molecular complexity index is 659. The van der Waals surface area contributed by atoms with Gasteiger partial charge in [0.25, 0.3) is 0 Å². The zero-order valence-electron chi connectivity index (χ0n) is 11.3. The van der Waals surface area contributed by atoms with Gasteiger partial charge in [-0.1, -0.05) is 11.6 Å². The number of nitrogens with zero attached hydrogens (tertiary/aromatic N) is 1. The fourth-order valence-electron chi connectivity index (χ4n) is 1.76. The molecule has 1 aromatic heterocycles. The summed E-state index contributed by atoms with van der Waals surface area (Å²) in [5.41, 5.74) is 6.75. The Labute approximate surface area is 126 Å². The maximum atomic E-state index is 11.3. The third kappa shape index (κ3) is 3.55. The van der Waals surface area contributed by atoms with Gasteiger partial charge in [0.2, 0.25) is 5.88 Å². The van der Waals surface area contributed by atoms with Gasteiger partial charge < -0.3 is 20.9 Å². The summed E-state index contributed by atoms with van der Waals surface area (Å²) in [5.74, 6) is -0.629. The molecule has 110 valence electrons. The van der Waals surface area contributed by atoms with Crippen molar-refractivity contribution in [1.29, 1.82) is 0 Å². The predicted octanol–water partition coefficient (Wildman–Crippen LogP) is 3.16. The average Bonchev–Trinajstić information content (AvgIpc) is 2.43. The standard InChI is InChI=1S/C14H14ClN3O3/c1-2-21-12-4-3-9(7-17-12)18-13-10(14(19)20)5-8(16)6-11(13)15/h3-7,18H,2,16H2,1H3,(H,19,20). The van der Waals surface area contributed by atoms with E-state index in [1.165, 1.54) is 18.3 Å². The molecule has 0 radical (unpaired) electrons. The minimum absolute atomic E-state index is 0.00566. The largest absolute Gasteiger partial charge is 0.478 e. The Morgan fingerprint density at radius 3 is 2.81 bits per heavy atom. The second-order valence-corrected chi connectivity index (χ2v) is 4.58. The SMILES string of the molecule is CCOc1ccc(Nc2c(Cl)cc(N)cc2C(=O)O)cn1. The third-order valence-corrected chi connectivity index (χ3v) is 2.94. The Morgan fingerprint density at radius 1 is 1.48 bits per heavy atom. The molecule has 7 heteroatoms. The number of nitrogens with two attached hydrogens (primary N) is 1. The van der Waals surface area contributed by atoms with Gasteiger partial charge in [-0.3, -0.25) is 0 Å². The van der Waals surface area contributed by atoms with Crippen LogP contribution in [0.2, 0.25) is 5.02 Å². The van der Waals surface area contributed by atoms with Crippen LogP contribution in [-0.4, -0.2) is 22.7 Å². The number of hydrogen-bond donors (Lipinski definition) is 3. The molecule has 21 heavy (non-hydrogen) atoms. The van der Waals surface area contributed by atoms with E-state index in [2.05, 4.69) is 10.3 Å². The molecular weight excluding hydrogens is 294 g/mol. The number of aromatic carboxylic acids is 1. The van der Waals surface area contributed by atoms with Gasteiger partial charge in [0.1, 0.15) is 0 Å². The van der Waals surface area contributed by atoms with Gasteiger partial charge in [-0.2, -0.15) is 0 Å². The average molecular weight is 308 g/mol. The number of rotatable bonds is 5. The van der Waals surface area contributed by atoms with Crippen molar-refractivity contribution < 1.29 is 14.6 Å². The van der Waals surface area contributed by atoms with Crippen molar-refractivity contribution in [2.24, 2.45) is 0 Å². The quantitative estimate of drug-likeness (QED) is 0.734. The van der Waals surface area contributed by atoms with Gasteiger partial charge in [0, 0.05) is 11.8 Å².